The molecule has 0 aliphatic carbocycles. The van der Waals surface area contributed by atoms with Crippen molar-refractivity contribution >= 4 is 17.8 Å². The van der Waals surface area contributed by atoms with Gasteiger partial charge in [0.05, 0.1) is 0 Å². The van der Waals surface area contributed by atoms with Crippen molar-refractivity contribution < 1.29 is 4.79 Å². The van der Waals surface area contributed by atoms with Crippen LogP contribution >= 0.6 is 0 Å². The zero-order chi connectivity index (χ0) is 17.8. The Morgan fingerprint density at radius 2 is 1.84 bits per heavy atom. The summed E-state index contributed by atoms with van der Waals surface area (Å²) in [5.41, 5.74) is 5.29. The van der Waals surface area contributed by atoms with Crippen LogP contribution in [0.4, 0.5) is 0 Å². The first-order chi connectivity index (χ1) is 12.0. The van der Waals surface area contributed by atoms with Crippen LogP contribution < -0.4 is 5.32 Å². The van der Waals surface area contributed by atoms with Gasteiger partial charge in [0, 0.05) is 6.42 Å². The Morgan fingerprint density at radius 3 is 2.52 bits per heavy atom. The molecule has 3 nitrogen and oxygen atoms in total. The van der Waals surface area contributed by atoms with Crippen LogP contribution in [-0.2, 0) is 11.2 Å². The van der Waals surface area contributed by atoms with Gasteiger partial charge in [-0.2, -0.15) is 0 Å². The van der Waals surface area contributed by atoms with E-state index in [1.54, 1.807) is 0 Å². The molecule has 128 valence electrons. The minimum Gasteiger partial charge on any atom is -0.309 e. The molecule has 1 amide bonds. The van der Waals surface area contributed by atoms with Gasteiger partial charge in [0.1, 0.15) is 11.5 Å². The molecule has 2 aromatic rings. The minimum atomic E-state index is -0.118. The normalized spacial score (nSPS) is 15.6. The SMILES string of the molecule is Cc1cccc(CCC2=N/C(=C/c3ccc(C(C)C)cc3)C(=O)N2)c1. The fraction of sp³-hybridized carbons (Fsp3) is 0.273. The molecule has 1 aliphatic heterocycles. The highest BCUT2D eigenvalue weighted by molar-refractivity contribution is 6.14. The van der Waals surface area contributed by atoms with E-state index in [-0.39, 0.29) is 5.91 Å². The first-order valence-corrected chi connectivity index (χ1v) is 8.77. The van der Waals surface area contributed by atoms with E-state index in [0.29, 0.717) is 11.6 Å². The number of amidine groups is 1. The van der Waals surface area contributed by atoms with E-state index in [2.05, 4.69) is 67.5 Å². The largest absolute Gasteiger partial charge is 0.309 e. The van der Waals surface area contributed by atoms with Crippen LogP contribution in [0.15, 0.2) is 59.2 Å². The number of nitrogens with one attached hydrogen (secondary N) is 1. The van der Waals surface area contributed by atoms with E-state index in [1.165, 1.54) is 16.7 Å². The summed E-state index contributed by atoms with van der Waals surface area (Å²) >= 11 is 0. The van der Waals surface area contributed by atoms with Crippen molar-refractivity contribution in [3.05, 3.63) is 76.5 Å². The van der Waals surface area contributed by atoms with Crippen molar-refractivity contribution in [2.45, 2.75) is 39.5 Å². The van der Waals surface area contributed by atoms with E-state index in [9.17, 15) is 4.79 Å². The first-order valence-electron chi connectivity index (χ1n) is 8.77. The van der Waals surface area contributed by atoms with Crippen LogP contribution in [0.1, 0.15) is 48.4 Å². The number of benzene rings is 2. The molecular weight excluding hydrogens is 308 g/mol. The smallest absolute Gasteiger partial charge is 0.275 e. The van der Waals surface area contributed by atoms with Crippen LogP contribution in [0.3, 0.4) is 0 Å². The number of aryl methyl sites for hydroxylation is 2. The number of hydrogen-bond acceptors (Lipinski definition) is 2. The highest BCUT2D eigenvalue weighted by atomic mass is 16.2. The molecule has 0 saturated carbocycles. The fourth-order valence-corrected chi connectivity index (χ4v) is 2.90. The lowest BCUT2D eigenvalue weighted by Crippen LogP contribution is -2.24. The maximum atomic E-state index is 12.1. The number of carbonyl (C=O) groups is 1. The Hall–Kier alpha value is -2.68. The number of nitrogens with zero attached hydrogens (tertiary/aromatic N) is 1. The predicted molar refractivity (Wildman–Crippen MR) is 104 cm³/mol. The van der Waals surface area contributed by atoms with Crippen molar-refractivity contribution in [3.8, 4) is 0 Å². The molecule has 1 aliphatic rings. The molecule has 0 spiro atoms. The molecule has 0 unspecified atom stereocenters. The third kappa shape index (κ3) is 4.44. The topological polar surface area (TPSA) is 41.5 Å². The molecule has 0 bridgehead atoms. The summed E-state index contributed by atoms with van der Waals surface area (Å²) < 4.78 is 0. The number of rotatable bonds is 5. The monoisotopic (exact) mass is 332 g/mol. The van der Waals surface area contributed by atoms with E-state index >= 15 is 0 Å². The van der Waals surface area contributed by atoms with Crippen LogP contribution in [0.5, 0.6) is 0 Å². The summed E-state index contributed by atoms with van der Waals surface area (Å²) in [6.45, 7) is 6.43. The van der Waals surface area contributed by atoms with Crippen LogP contribution in [0, 0.1) is 6.92 Å². The Labute approximate surface area is 149 Å². The summed E-state index contributed by atoms with van der Waals surface area (Å²) in [5, 5.41) is 2.88. The number of aliphatic imine (C=N–C) groups is 1. The maximum Gasteiger partial charge on any atom is 0.275 e. The maximum absolute atomic E-state index is 12.1. The Kier molecular flexibility index (Phi) is 5.13. The molecule has 2 aromatic carbocycles. The van der Waals surface area contributed by atoms with Crippen molar-refractivity contribution in [2.24, 2.45) is 4.99 Å². The van der Waals surface area contributed by atoms with Gasteiger partial charge in [-0.3, -0.25) is 4.79 Å². The van der Waals surface area contributed by atoms with Crippen LogP contribution in [0.25, 0.3) is 6.08 Å². The summed E-state index contributed by atoms with van der Waals surface area (Å²) in [7, 11) is 0. The zero-order valence-electron chi connectivity index (χ0n) is 15.0. The van der Waals surface area contributed by atoms with Crippen molar-refractivity contribution in [2.75, 3.05) is 0 Å². The van der Waals surface area contributed by atoms with Gasteiger partial charge in [-0.05, 0) is 42.0 Å². The second-order valence-corrected chi connectivity index (χ2v) is 6.85. The molecule has 3 heteroatoms. The number of hydrogen-bond donors (Lipinski definition) is 1. The van der Waals surface area contributed by atoms with Gasteiger partial charge >= 0.3 is 0 Å². The minimum absolute atomic E-state index is 0.118. The van der Waals surface area contributed by atoms with E-state index in [4.69, 9.17) is 0 Å². The van der Waals surface area contributed by atoms with Gasteiger partial charge in [0.15, 0.2) is 0 Å². The molecule has 1 heterocycles. The predicted octanol–water partition coefficient (Wildman–Crippen LogP) is 4.62. The standard InChI is InChI=1S/C22H24N2O/c1-15(2)19-10-7-18(8-11-19)14-20-22(25)24-21(23-20)12-9-17-6-4-5-16(3)13-17/h4-8,10-11,13-15H,9,12H2,1-3H3,(H,23,24,25)/b20-14+. The summed E-state index contributed by atoms with van der Waals surface area (Å²) in [5.74, 6) is 1.13. The molecular formula is C22H24N2O. The van der Waals surface area contributed by atoms with Gasteiger partial charge in [0.25, 0.3) is 5.91 Å². The van der Waals surface area contributed by atoms with Gasteiger partial charge in [-0.1, -0.05) is 67.9 Å². The molecule has 0 radical (unpaired) electrons. The average Bonchev–Trinajstić information content (AvgIpc) is 2.93. The lowest BCUT2D eigenvalue weighted by Gasteiger charge is -2.04. The summed E-state index contributed by atoms with van der Waals surface area (Å²) in [6, 6.07) is 16.7. The molecule has 0 atom stereocenters. The second-order valence-electron chi connectivity index (χ2n) is 6.85. The third-order valence-electron chi connectivity index (χ3n) is 4.39. The zero-order valence-corrected chi connectivity index (χ0v) is 15.0. The molecule has 25 heavy (non-hydrogen) atoms. The number of carbonyl (C=O) groups excluding carboxylic acids is 1. The lowest BCUT2D eigenvalue weighted by atomic mass is 10.0. The van der Waals surface area contributed by atoms with Crippen molar-refractivity contribution in [1.29, 1.82) is 0 Å². The quantitative estimate of drug-likeness (QED) is 0.798. The van der Waals surface area contributed by atoms with Crippen molar-refractivity contribution in [1.82, 2.24) is 5.32 Å². The van der Waals surface area contributed by atoms with E-state index in [0.717, 1.165) is 24.2 Å². The van der Waals surface area contributed by atoms with E-state index < -0.39 is 0 Å². The van der Waals surface area contributed by atoms with E-state index in [1.807, 2.05) is 18.2 Å². The molecule has 1 N–H and O–H groups in total. The highest BCUT2D eigenvalue weighted by Crippen LogP contribution is 2.18. The molecule has 3 rings (SSSR count). The van der Waals surface area contributed by atoms with Crippen molar-refractivity contribution in [3.63, 3.8) is 0 Å². The molecule has 0 fully saturated rings. The summed E-state index contributed by atoms with van der Waals surface area (Å²) in [6.07, 6.45) is 3.45. The van der Waals surface area contributed by atoms with Gasteiger partial charge in [0.2, 0.25) is 0 Å². The second kappa shape index (κ2) is 7.47. The fourth-order valence-electron chi connectivity index (χ4n) is 2.90. The van der Waals surface area contributed by atoms with Gasteiger partial charge in [-0.25, -0.2) is 4.99 Å². The lowest BCUT2D eigenvalue weighted by molar-refractivity contribution is -0.115. The Morgan fingerprint density at radius 1 is 1.08 bits per heavy atom. The third-order valence-corrected chi connectivity index (χ3v) is 4.39. The van der Waals surface area contributed by atoms with Gasteiger partial charge in [-0.15, -0.1) is 0 Å². The first kappa shape index (κ1) is 17.2. The Balaban J connectivity index is 1.69. The average molecular weight is 332 g/mol. The highest BCUT2D eigenvalue weighted by Gasteiger charge is 2.19. The molecule has 0 aromatic heterocycles. The number of amides is 1. The van der Waals surface area contributed by atoms with Crippen LogP contribution in [0.2, 0.25) is 0 Å². The Bertz CT molecular complexity index is 829. The molecule has 0 saturated heterocycles. The van der Waals surface area contributed by atoms with Gasteiger partial charge < -0.3 is 5.32 Å². The summed E-state index contributed by atoms with van der Waals surface area (Å²) in [4.78, 5) is 16.6. The van der Waals surface area contributed by atoms with Crippen LogP contribution in [-0.4, -0.2) is 11.7 Å².